The number of carbonyl (C=O) groups is 1. The Bertz CT molecular complexity index is 717. The zero-order valence-electron chi connectivity index (χ0n) is 12.7. The molecule has 7 heteroatoms. The van der Waals surface area contributed by atoms with Gasteiger partial charge in [-0.15, -0.1) is 0 Å². The number of nitriles is 1. The summed E-state index contributed by atoms with van der Waals surface area (Å²) in [5, 5.41) is 8.77. The van der Waals surface area contributed by atoms with Crippen LogP contribution >= 0.6 is 0 Å². The third kappa shape index (κ3) is 5.02. The SMILES string of the molecule is N#CCCN(Cc1cccnc1)C(=O)c1cccc(OC(F)F)c1. The van der Waals surface area contributed by atoms with Crippen molar-refractivity contribution in [3.8, 4) is 11.8 Å². The fourth-order valence-corrected chi connectivity index (χ4v) is 2.14. The lowest BCUT2D eigenvalue weighted by Gasteiger charge is -2.22. The molecule has 0 atom stereocenters. The van der Waals surface area contributed by atoms with Crippen molar-refractivity contribution in [2.24, 2.45) is 0 Å². The molecule has 0 spiro atoms. The lowest BCUT2D eigenvalue weighted by molar-refractivity contribution is -0.0499. The number of hydrogen-bond donors (Lipinski definition) is 0. The van der Waals surface area contributed by atoms with Crippen molar-refractivity contribution in [1.82, 2.24) is 9.88 Å². The highest BCUT2D eigenvalue weighted by molar-refractivity contribution is 5.94. The molecule has 1 aromatic heterocycles. The molecule has 0 saturated heterocycles. The highest BCUT2D eigenvalue weighted by Crippen LogP contribution is 2.18. The van der Waals surface area contributed by atoms with E-state index in [4.69, 9.17) is 5.26 Å². The van der Waals surface area contributed by atoms with Crippen LogP contribution in [0.2, 0.25) is 0 Å². The Morgan fingerprint density at radius 1 is 1.33 bits per heavy atom. The molecule has 1 aromatic carbocycles. The molecule has 5 nitrogen and oxygen atoms in total. The van der Waals surface area contributed by atoms with Crippen LogP contribution < -0.4 is 4.74 Å². The van der Waals surface area contributed by atoms with Crippen LogP contribution in [0.1, 0.15) is 22.3 Å². The number of aromatic nitrogens is 1. The van der Waals surface area contributed by atoms with E-state index in [1.807, 2.05) is 12.1 Å². The number of ether oxygens (including phenoxy) is 1. The number of hydrogen-bond acceptors (Lipinski definition) is 4. The largest absolute Gasteiger partial charge is 0.435 e. The summed E-state index contributed by atoms with van der Waals surface area (Å²) in [6.45, 7) is -2.46. The van der Waals surface area contributed by atoms with E-state index in [2.05, 4.69) is 9.72 Å². The van der Waals surface area contributed by atoms with E-state index in [9.17, 15) is 13.6 Å². The number of rotatable bonds is 7. The summed E-state index contributed by atoms with van der Waals surface area (Å²) in [5.74, 6) is -0.453. The third-order valence-corrected chi connectivity index (χ3v) is 3.18. The van der Waals surface area contributed by atoms with Gasteiger partial charge in [0, 0.05) is 31.0 Å². The van der Waals surface area contributed by atoms with Gasteiger partial charge < -0.3 is 9.64 Å². The Kier molecular flexibility index (Phi) is 6.20. The molecule has 2 rings (SSSR count). The predicted molar refractivity (Wildman–Crippen MR) is 82.3 cm³/mol. The van der Waals surface area contributed by atoms with Gasteiger partial charge in [-0.05, 0) is 29.8 Å². The first-order valence-electron chi connectivity index (χ1n) is 7.20. The third-order valence-electron chi connectivity index (χ3n) is 3.18. The normalized spacial score (nSPS) is 10.2. The van der Waals surface area contributed by atoms with Crippen LogP contribution in [0.5, 0.6) is 5.75 Å². The smallest absolute Gasteiger partial charge is 0.387 e. The van der Waals surface area contributed by atoms with E-state index in [1.54, 1.807) is 18.5 Å². The van der Waals surface area contributed by atoms with Crippen molar-refractivity contribution in [2.75, 3.05) is 6.54 Å². The summed E-state index contributed by atoms with van der Waals surface area (Å²) in [5.41, 5.74) is 1.03. The molecular formula is C17H15F2N3O2. The summed E-state index contributed by atoms with van der Waals surface area (Å²) < 4.78 is 28.9. The van der Waals surface area contributed by atoms with Crippen LogP contribution in [0, 0.1) is 11.3 Å². The Labute approximate surface area is 138 Å². The number of amides is 1. The molecule has 0 aliphatic rings. The van der Waals surface area contributed by atoms with Crippen molar-refractivity contribution in [3.05, 3.63) is 59.9 Å². The monoisotopic (exact) mass is 331 g/mol. The molecule has 0 aliphatic heterocycles. The topological polar surface area (TPSA) is 66.2 Å². The number of carbonyl (C=O) groups excluding carboxylic acids is 1. The molecule has 0 radical (unpaired) electrons. The average molecular weight is 331 g/mol. The highest BCUT2D eigenvalue weighted by Gasteiger charge is 2.17. The maximum atomic E-state index is 12.6. The van der Waals surface area contributed by atoms with Gasteiger partial charge in [0.05, 0.1) is 12.5 Å². The first-order chi connectivity index (χ1) is 11.6. The number of halogens is 2. The van der Waals surface area contributed by atoms with E-state index in [0.29, 0.717) is 0 Å². The minimum absolute atomic E-state index is 0.0857. The van der Waals surface area contributed by atoms with Gasteiger partial charge in [0.2, 0.25) is 0 Å². The second-order valence-electron chi connectivity index (χ2n) is 4.90. The minimum Gasteiger partial charge on any atom is -0.435 e. The zero-order valence-corrected chi connectivity index (χ0v) is 12.7. The van der Waals surface area contributed by atoms with Crippen molar-refractivity contribution in [1.29, 1.82) is 5.26 Å². The van der Waals surface area contributed by atoms with Crippen molar-refractivity contribution >= 4 is 5.91 Å². The van der Waals surface area contributed by atoms with Gasteiger partial charge in [0.25, 0.3) is 5.91 Å². The fourth-order valence-electron chi connectivity index (χ4n) is 2.14. The Hall–Kier alpha value is -3.01. The number of alkyl halides is 2. The number of nitrogens with zero attached hydrogens (tertiary/aromatic N) is 3. The van der Waals surface area contributed by atoms with Crippen LogP contribution in [0.25, 0.3) is 0 Å². The quantitative estimate of drug-likeness (QED) is 0.781. The first-order valence-corrected chi connectivity index (χ1v) is 7.20. The molecule has 24 heavy (non-hydrogen) atoms. The molecule has 2 aromatic rings. The Morgan fingerprint density at radius 2 is 2.17 bits per heavy atom. The predicted octanol–water partition coefficient (Wildman–Crippen LogP) is 3.24. The van der Waals surface area contributed by atoms with Crippen LogP contribution in [0.15, 0.2) is 48.8 Å². The first kappa shape index (κ1) is 17.3. The molecule has 0 unspecified atom stereocenters. The van der Waals surface area contributed by atoms with E-state index >= 15 is 0 Å². The molecule has 1 heterocycles. The average Bonchev–Trinajstić information content (AvgIpc) is 2.58. The van der Waals surface area contributed by atoms with Crippen molar-refractivity contribution in [3.63, 3.8) is 0 Å². The van der Waals surface area contributed by atoms with E-state index in [0.717, 1.165) is 5.56 Å². The van der Waals surface area contributed by atoms with E-state index < -0.39 is 6.61 Å². The second-order valence-corrected chi connectivity index (χ2v) is 4.90. The highest BCUT2D eigenvalue weighted by atomic mass is 19.3. The Balaban J connectivity index is 2.19. The van der Waals surface area contributed by atoms with E-state index in [1.165, 1.54) is 29.2 Å². The van der Waals surface area contributed by atoms with E-state index in [-0.39, 0.29) is 36.7 Å². The molecule has 0 fully saturated rings. The van der Waals surface area contributed by atoms with Crippen molar-refractivity contribution < 1.29 is 18.3 Å². The molecule has 0 saturated carbocycles. The summed E-state index contributed by atoms with van der Waals surface area (Å²) in [7, 11) is 0. The summed E-state index contributed by atoms with van der Waals surface area (Å²) >= 11 is 0. The van der Waals surface area contributed by atoms with Gasteiger partial charge in [-0.25, -0.2) is 0 Å². The number of benzene rings is 1. The summed E-state index contributed by atoms with van der Waals surface area (Å²) in [4.78, 5) is 18.1. The fraction of sp³-hybridized carbons (Fsp3) is 0.235. The van der Waals surface area contributed by atoms with Crippen LogP contribution in [0.3, 0.4) is 0 Å². The summed E-state index contributed by atoms with van der Waals surface area (Å²) in [6.07, 6.45) is 3.41. The van der Waals surface area contributed by atoms with Gasteiger partial charge in [-0.1, -0.05) is 12.1 Å². The minimum atomic E-state index is -2.96. The van der Waals surface area contributed by atoms with Crippen LogP contribution in [0.4, 0.5) is 8.78 Å². The molecule has 0 aliphatic carbocycles. The second kappa shape index (κ2) is 8.58. The molecule has 0 N–H and O–H groups in total. The van der Waals surface area contributed by atoms with Crippen molar-refractivity contribution in [2.45, 2.75) is 19.6 Å². The number of pyridine rings is 1. The Morgan fingerprint density at radius 3 is 2.83 bits per heavy atom. The zero-order chi connectivity index (χ0) is 17.4. The standard InChI is InChI=1S/C17H15F2N3O2/c18-17(19)24-15-6-1-5-14(10-15)16(23)22(9-3-7-20)12-13-4-2-8-21-11-13/h1-2,4-6,8,10-11,17H,3,9,12H2. The lowest BCUT2D eigenvalue weighted by Crippen LogP contribution is -2.31. The molecule has 1 amide bonds. The van der Waals surface area contributed by atoms with Gasteiger partial charge in [0.15, 0.2) is 0 Å². The summed E-state index contributed by atoms with van der Waals surface area (Å²) in [6, 6.07) is 11.2. The van der Waals surface area contributed by atoms with Gasteiger partial charge in [-0.2, -0.15) is 14.0 Å². The lowest BCUT2D eigenvalue weighted by atomic mass is 10.1. The van der Waals surface area contributed by atoms with Gasteiger partial charge >= 0.3 is 6.61 Å². The molecule has 124 valence electrons. The van der Waals surface area contributed by atoms with Crippen LogP contribution in [-0.4, -0.2) is 28.9 Å². The van der Waals surface area contributed by atoms with Crippen LogP contribution in [-0.2, 0) is 6.54 Å². The molecule has 0 bridgehead atoms. The maximum absolute atomic E-state index is 12.6. The molecular weight excluding hydrogens is 316 g/mol. The van der Waals surface area contributed by atoms with Gasteiger partial charge in [0.1, 0.15) is 5.75 Å². The maximum Gasteiger partial charge on any atom is 0.387 e. The van der Waals surface area contributed by atoms with Gasteiger partial charge in [-0.3, -0.25) is 9.78 Å².